The topological polar surface area (TPSA) is 75.2 Å². The molecule has 126 valence electrons. The van der Waals surface area contributed by atoms with E-state index < -0.39 is 0 Å². The quantitative estimate of drug-likeness (QED) is 0.903. The third-order valence-corrected chi connectivity index (χ3v) is 4.75. The van der Waals surface area contributed by atoms with E-state index in [1.807, 2.05) is 31.2 Å². The molecule has 0 saturated carbocycles. The molecule has 1 N–H and O–H groups in total. The van der Waals surface area contributed by atoms with Crippen molar-refractivity contribution in [3.05, 3.63) is 34.8 Å². The van der Waals surface area contributed by atoms with Crippen LogP contribution in [0.1, 0.15) is 48.0 Å². The van der Waals surface area contributed by atoms with E-state index in [0.717, 1.165) is 55.1 Å². The van der Waals surface area contributed by atoms with Crippen molar-refractivity contribution < 1.29 is 9.59 Å². The first-order valence-corrected chi connectivity index (χ1v) is 8.99. The van der Waals surface area contributed by atoms with Gasteiger partial charge in [-0.05, 0) is 49.0 Å². The molecule has 1 aromatic heterocycles. The first-order valence-electron chi connectivity index (χ1n) is 8.22. The van der Waals surface area contributed by atoms with Gasteiger partial charge in [0.05, 0.1) is 5.69 Å². The molecule has 0 atom stereocenters. The minimum atomic E-state index is -0.199. The fourth-order valence-corrected chi connectivity index (χ4v) is 3.40. The summed E-state index contributed by atoms with van der Waals surface area (Å²) < 4.78 is 3.88. The number of hydrogen-bond donors (Lipinski definition) is 1. The van der Waals surface area contributed by atoms with E-state index in [2.05, 4.69) is 14.9 Å². The van der Waals surface area contributed by atoms with Crippen LogP contribution in [0, 0.1) is 0 Å². The van der Waals surface area contributed by atoms with E-state index in [1.165, 1.54) is 0 Å². The van der Waals surface area contributed by atoms with Crippen molar-refractivity contribution in [3.63, 3.8) is 0 Å². The lowest BCUT2D eigenvalue weighted by molar-refractivity contribution is -0.119. The standard InChI is InChI=1S/C17H20N4O2S/c1-2-6-14-16(24-20-19-14)17(23)18-12-7-5-8-13(11-12)21-10-4-3-9-15(21)22/h5,7-8,11H,2-4,6,9-10H2,1H3,(H,18,23). The van der Waals surface area contributed by atoms with Gasteiger partial charge in [0.25, 0.3) is 5.91 Å². The number of rotatable bonds is 5. The molecule has 2 heterocycles. The lowest BCUT2D eigenvalue weighted by Gasteiger charge is -2.27. The number of benzene rings is 1. The maximum absolute atomic E-state index is 12.5. The second kappa shape index (κ2) is 7.53. The molecule has 0 radical (unpaired) electrons. The van der Waals surface area contributed by atoms with Crippen molar-refractivity contribution in [1.82, 2.24) is 9.59 Å². The number of piperidine rings is 1. The lowest BCUT2D eigenvalue weighted by atomic mass is 10.1. The number of aromatic nitrogens is 2. The summed E-state index contributed by atoms with van der Waals surface area (Å²) in [6.07, 6.45) is 4.20. The summed E-state index contributed by atoms with van der Waals surface area (Å²) in [5, 5.41) is 6.92. The fraction of sp³-hybridized carbons (Fsp3) is 0.412. The number of hydrogen-bond acceptors (Lipinski definition) is 5. The van der Waals surface area contributed by atoms with Gasteiger partial charge in [0.2, 0.25) is 5.91 Å². The maximum atomic E-state index is 12.5. The highest BCUT2D eigenvalue weighted by molar-refractivity contribution is 7.08. The number of nitrogens with zero attached hydrogens (tertiary/aromatic N) is 3. The van der Waals surface area contributed by atoms with Gasteiger partial charge >= 0.3 is 0 Å². The van der Waals surface area contributed by atoms with Crippen molar-refractivity contribution in [3.8, 4) is 0 Å². The smallest absolute Gasteiger partial charge is 0.269 e. The summed E-state index contributed by atoms with van der Waals surface area (Å²) in [7, 11) is 0. The van der Waals surface area contributed by atoms with E-state index >= 15 is 0 Å². The van der Waals surface area contributed by atoms with Gasteiger partial charge in [-0.15, -0.1) is 5.10 Å². The molecular weight excluding hydrogens is 324 g/mol. The third-order valence-electron chi connectivity index (χ3n) is 3.99. The van der Waals surface area contributed by atoms with Gasteiger partial charge in [0.1, 0.15) is 4.88 Å². The predicted molar refractivity (Wildman–Crippen MR) is 94.5 cm³/mol. The SMILES string of the molecule is CCCc1nnsc1C(=O)Nc1cccc(N2CCCCC2=O)c1. The highest BCUT2D eigenvalue weighted by Gasteiger charge is 2.20. The Morgan fingerprint density at radius 2 is 2.25 bits per heavy atom. The molecule has 1 aliphatic heterocycles. The van der Waals surface area contributed by atoms with Gasteiger partial charge in [0, 0.05) is 24.3 Å². The first-order chi connectivity index (χ1) is 11.7. The molecule has 0 unspecified atom stereocenters. The summed E-state index contributed by atoms with van der Waals surface area (Å²) in [6, 6.07) is 7.42. The largest absolute Gasteiger partial charge is 0.321 e. The van der Waals surface area contributed by atoms with E-state index in [9.17, 15) is 9.59 Å². The highest BCUT2D eigenvalue weighted by atomic mass is 32.1. The van der Waals surface area contributed by atoms with Crippen molar-refractivity contribution in [2.75, 3.05) is 16.8 Å². The first kappa shape index (κ1) is 16.6. The molecule has 2 aromatic rings. The van der Waals surface area contributed by atoms with Gasteiger partial charge in [-0.2, -0.15) is 0 Å². The van der Waals surface area contributed by atoms with Crippen LogP contribution in [0.15, 0.2) is 24.3 Å². The van der Waals surface area contributed by atoms with Crippen LogP contribution < -0.4 is 10.2 Å². The molecule has 24 heavy (non-hydrogen) atoms. The number of nitrogens with one attached hydrogen (secondary N) is 1. The van der Waals surface area contributed by atoms with Gasteiger partial charge in [-0.1, -0.05) is 23.9 Å². The van der Waals surface area contributed by atoms with Crippen LogP contribution in [0.25, 0.3) is 0 Å². The maximum Gasteiger partial charge on any atom is 0.269 e. The third kappa shape index (κ3) is 3.62. The molecule has 3 rings (SSSR count). The average Bonchev–Trinajstić information content (AvgIpc) is 3.04. The average molecular weight is 344 g/mol. The summed E-state index contributed by atoms with van der Waals surface area (Å²) in [6.45, 7) is 2.77. The molecule has 1 saturated heterocycles. The minimum Gasteiger partial charge on any atom is -0.321 e. The lowest BCUT2D eigenvalue weighted by Crippen LogP contribution is -2.35. The molecule has 1 aliphatic rings. The number of amides is 2. The van der Waals surface area contributed by atoms with Crippen molar-refractivity contribution in [2.24, 2.45) is 0 Å². The highest BCUT2D eigenvalue weighted by Crippen LogP contribution is 2.24. The Kier molecular flexibility index (Phi) is 5.20. The van der Waals surface area contributed by atoms with Gasteiger partial charge in [-0.25, -0.2) is 0 Å². The monoisotopic (exact) mass is 344 g/mol. The van der Waals surface area contributed by atoms with E-state index in [0.29, 0.717) is 17.0 Å². The summed E-state index contributed by atoms with van der Waals surface area (Å²) >= 11 is 1.11. The minimum absolute atomic E-state index is 0.140. The van der Waals surface area contributed by atoms with Crippen LogP contribution in [0.2, 0.25) is 0 Å². The number of carbonyl (C=O) groups is 2. The Hall–Kier alpha value is -2.28. The van der Waals surface area contributed by atoms with Crippen molar-refractivity contribution in [2.45, 2.75) is 39.0 Å². The molecule has 0 bridgehead atoms. The van der Waals surface area contributed by atoms with E-state index in [-0.39, 0.29) is 11.8 Å². The van der Waals surface area contributed by atoms with Crippen molar-refractivity contribution in [1.29, 1.82) is 0 Å². The normalized spacial score (nSPS) is 14.7. The fourth-order valence-electron chi connectivity index (χ4n) is 2.80. The molecule has 2 amide bonds. The van der Waals surface area contributed by atoms with Crippen LogP contribution in [-0.4, -0.2) is 27.9 Å². The zero-order valence-corrected chi connectivity index (χ0v) is 14.4. The van der Waals surface area contributed by atoms with Crippen LogP contribution >= 0.6 is 11.5 Å². The number of aryl methyl sites for hydroxylation is 1. The van der Waals surface area contributed by atoms with Crippen LogP contribution in [0.5, 0.6) is 0 Å². The second-order valence-corrected chi connectivity index (χ2v) is 6.56. The summed E-state index contributed by atoms with van der Waals surface area (Å²) in [5.41, 5.74) is 2.24. The summed E-state index contributed by atoms with van der Waals surface area (Å²) in [5.74, 6) is -0.0582. The molecule has 0 aliphatic carbocycles. The number of anilines is 2. The van der Waals surface area contributed by atoms with Crippen molar-refractivity contribution >= 4 is 34.7 Å². The Balaban J connectivity index is 1.75. The van der Waals surface area contributed by atoms with Crippen LogP contribution in [0.4, 0.5) is 11.4 Å². The van der Waals surface area contributed by atoms with Gasteiger partial charge in [0.15, 0.2) is 0 Å². The molecule has 1 fully saturated rings. The van der Waals surface area contributed by atoms with E-state index in [4.69, 9.17) is 0 Å². The Morgan fingerprint density at radius 1 is 1.38 bits per heavy atom. The molecule has 1 aromatic carbocycles. The van der Waals surface area contributed by atoms with Crippen LogP contribution in [0.3, 0.4) is 0 Å². The predicted octanol–water partition coefficient (Wildman–Crippen LogP) is 3.26. The van der Waals surface area contributed by atoms with Gasteiger partial charge in [-0.3, -0.25) is 9.59 Å². The zero-order chi connectivity index (χ0) is 16.9. The molecule has 6 nitrogen and oxygen atoms in total. The second-order valence-electron chi connectivity index (χ2n) is 5.81. The molecule has 0 spiro atoms. The van der Waals surface area contributed by atoms with E-state index in [1.54, 1.807) is 4.90 Å². The Labute approximate surface area is 145 Å². The van der Waals surface area contributed by atoms with Gasteiger partial charge < -0.3 is 10.2 Å². The van der Waals surface area contributed by atoms with Crippen LogP contribution in [-0.2, 0) is 11.2 Å². The Morgan fingerprint density at radius 3 is 3.04 bits per heavy atom. The Bertz CT molecular complexity index is 744. The molecular formula is C17H20N4O2S. The molecule has 7 heteroatoms. The zero-order valence-electron chi connectivity index (χ0n) is 13.6. The number of carbonyl (C=O) groups excluding carboxylic acids is 2. The summed E-state index contributed by atoms with van der Waals surface area (Å²) in [4.78, 5) is 26.9.